The fourth-order valence-electron chi connectivity index (χ4n) is 3.19. The number of benzene rings is 1. The molecule has 0 aliphatic heterocycles. The lowest BCUT2D eigenvalue weighted by Crippen LogP contribution is -2.12. The Bertz CT molecular complexity index is 641. The van der Waals surface area contributed by atoms with Crippen LogP contribution in [0.4, 0.5) is 0 Å². The van der Waals surface area contributed by atoms with E-state index in [1.807, 2.05) is 35.4 Å². The van der Waals surface area contributed by atoms with Crippen LogP contribution in [-0.4, -0.2) is 9.55 Å². The van der Waals surface area contributed by atoms with Crippen LogP contribution in [0.2, 0.25) is 10.0 Å². The van der Waals surface area contributed by atoms with Crippen molar-refractivity contribution in [3.8, 4) is 0 Å². The zero-order valence-electron chi connectivity index (χ0n) is 12.5. The van der Waals surface area contributed by atoms with Gasteiger partial charge in [-0.05, 0) is 48.4 Å². The van der Waals surface area contributed by atoms with Gasteiger partial charge in [-0.3, -0.25) is 0 Å². The van der Waals surface area contributed by atoms with Crippen LogP contribution in [0.3, 0.4) is 0 Å². The summed E-state index contributed by atoms with van der Waals surface area (Å²) in [7, 11) is 0. The second-order valence-corrected chi connectivity index (χ2v) is 6.79. The third-order valence-corrected chi connectivity index (χ3v) is 5.10. The molecule has 1 heterocycles. The minimum absolute atomic E-state index is 0.614. The molecule has 0 amide bonds. The van der Waals surface area contributed by atoms with Gasteiger partial charge in [0, 0.05) is 18.6 Å². The van der Waals surface area contributed by atoms with Crippen LogP contribution in [0.25, 0.3) is 6.20 Å². The standard InChI is InChI=1S/C18H20Cl2N2/c19-17-7-6-14(11-18(17)20)10-16(12-22-9-8-21-13-22)15-4-2-1-3-5-15/h6-9,11-13,15H,1-5,10H2/b16-12-. The molecule has 0 radical (unpaired) electrons. The third kappa shape index (κ3) is 3.93. The molecule has 1 aliphatic rings. The maximum Gasteiger partial charge on any atom is 0.0986 e. The van der Waals surface area contributed by atoms with E-state index in [1.165, 1.54) is 43.2 Å². The highest BCUT2D eigenvalue weighted by atomic mass is 35.5. The zero-order valence-corrected chi connectivity index (χ0v) is 14.0. The molecule has 2 nitrogen and oxygen atoms in total. The van der Waals surface area contributed by atoms with Crippen molar-refractivity contribution in [2.45, 2.75) is 38.5 Å². The summed E-state index contributed by atoms with van der Waals surface area (Å²) in [6.45, 7) is 0. The summed E-state index contributed by atoms with van der Waals surface area (Å²) in [5.74, 6) is 0.658. The molecule has 1 aromatic carbocycles. The van der Waals surface area contributed by atoms with Crippen LogP contribution in [0.5, 0.6) is 0 Å². The molecule has 0 unspecified atom stereocenters. The molecule has 22 heavy (non-hydrogen) atoms. The molecule has 2 aromatic rings. The van der Waals surface area contributed by atoms with E-state index in [-0.39, 0.29) is 0 Å². The first-order valence-corrected chi connectivity index (χ1v) is 8.60. The van der Waals surface area contributed by atoms with E-state index in [9.17, 15) is 0 Å². The lowest BCUT2D eigenvalue weighted by atomic mass is 9.82. The summed E-state index contributed by atoms with van der Waals surface area (Å²) >= 11 is 12.2. The van der Waals surface area contributed by atoms with Crippen molar-refractivity contribution in [2.75, 3.05) is 0 Å². The van der Waals surface area contributed by atoms with Gasteiger partial charge in [-0.1, -0.05) is 48.5 Å². The van der Waals surface area contributed by atoms with Gasteiger partial charge in [-0.15, -0.1) is 0 Å². The largest absolute Gasteiger partial charge is 0.313 e. The molecule has 1 aromatic heterocycles. The monoisotopic (exact) mass is 334 g/mol. The molecule has 0 atom stereocenters. The number of imidazole rings is 1. The van der Waals surface area contributed by atoms with Crippen molar-refractivity contribution >= 4 is 29.4 Å². The highest BCUT2D eigenvalue weighted by molar-refractivity contribution is 6.42. The predicted octanol–water partition coefficient (Wildman–Crippen LogP) is 5.85. The quantitative estimate of drug-likeness (QED) is 0.685. The number of nitrogens with zero attached hydrogens (tertiary/aromatic N) is 2. The summed E-state index contributed by atoms with van der Waals surface area (Å²) in [4.78, 5) is 4.13. The smallest absolute Gasteiger partial charge is 0.0986 e. The van der Waals surface area contributed by atoms with Gasteiger partial charge < -0.3 is 4.57 Å². The van der Waals surface area contributed by atoms with Crippen molar-refractivity contribution in [1.29, 1.82) is 0 Å². The second kappa shape index (κ2) is 7.34. The van der Waals surface area contributed by atoms with E-state index < -0.39 is 0 Å². The third-order valence-electron chi connectivity index (χ3n) is 4.36. The number of aromatic nitrogens is 2. The number of allylic oxidation sites excluding steroid dienone is 1. The Morgan fingerprint density at radius 1 is 1.18 bits per heavy atom. The van der Waals surface area contributed by atoms with E-state index in [0.717, 1.165) is 6.42 Å². The van der Waals surface area contributed by atoms with Crippen LogP contribution in [-0.2, 0) is 6.42 Å². The Hall–Kier alpha value is -1.25. The molecule has 116 valence electrons. The molecule has 1 aliphatic carbocycles. The van der Waals surface area contributed by atoms with Gasteiger partial charge in [0.25, 0.3) is 0 Å². The van der Waals surface area contributed by atoms with Gasteiger partial charge in [-0.2, -0.15) is 0 Å². The molecule has 0 bridgehead atoms. The zero-order chi connectivity index (χ0) is 15.4. The van der Waals surface area contributed by atoms with Crippen molar-refractivity contribution in [3.63, 3.8) is 0 Å². The average molecular weight is 335 g/mol. The Balaban J connectivity index is 1.85. The molecule has 0 spiro atoms. The van der Waals surface area contributed by atoms with Gasteiger partial charge >= 0.3 is 0 Å². The highest BCUT2D eigenvalue weighted by Gasteiger charge is 2.18. The molecule has 4 heteroatoms. The minimum Gasteiger partial charge on any atom is -0.313 e. The summed E-state index contributed by atoms with van der Waals surface area (Å²) in [5, 5.41) is 1.24. The maximum absolute atomic E-state index is 6.16. The fraction of sp³-hybridized carbons (Fsp3) is 0.389. The van der Waals surface area contributed by atoms with Gasteiger partial charge in [0.1, 0.15) is 0 Å². The topological polar surface area (TPSA) is 17.8 Å². The van der Waals surface area contributed by atoms with Crippen molar-refractivity contribution in [3.05, 3.63) is 58.1 Å². The van der Waals surface area contributed by atoms with Gasteiger partial charge in [0.2, 0.25) is 0 Å². The fourth-order valence-corrected chi connectivity index (χ4v) is 3.51. The minimum atomic E-state index is 0.614. The first-order valence-electron chi connectivity index (χ1n) is 7.84. The highest BCUT2D eigenvalue weighted by Crippen LogP contribution is 2.33. The molecular weight excluding hydrogens is 315 g/mol. The lowest BCUT2D eigenvalue weighted by molar-refractivity contribution is 0.399. The molecular formula is C18H20Cl2N2. The molecule has 1 fully saturated rings. The number of rotatable bonds is 4. The molecule has 3 rings (SSSR count). The maximum atomic E-state index is 6.16. The summed E-state index contributed by atoms with van der Waals surface area (Å²) in [5.41, 5.74) is 2.67. The predicted molar refractivity (Wildman–Crippen MR) is 93.2 cm³/mol. The lowest BCUT2D eigenvalue weighted by Gasteiger charge is -2.25. The van der Waals surface area contributed by atoms with Crippen LogP contribution in [0.15, 0.2) is 42.5 Å². The summed E-state index contributed by atoms with van der Waals surface area (Å²) in [6.07, 6.45) is 15.4. The number of halogens is 2. The van der Waals surface area contributed by atoms with Crippen LogP contribution in [0.1, 0.15) is 37.7 Å². The van der Waals surface area contributed by atoms with Crippen LogP contribution < -0.4 is 0 Å². The van der Waals surface area contributed by atoms with Crippen LogP contribution in [0, 0.1) is 5.92 Å². The van der Waals surface area contributed by atoms with Crippen molar-refractivity contribution in [1.82, 2.24) is 9.55 Å². The Morgan fingerprint density at radius 2 is 2.00 bits per heavy atom. The van der Waals surface area contributed by atoms with Crippen LogP contribution >= 0.6 is 23.2 Å². The SMILES string of the molecule is Clc1ccc(C/C(=C/n2ccnc2)C2CCCCC2)cc1Cl. The van der Waals surface area contributed by atoms with E-state index in [2.05, 4.69) is 17.3 Å². The summed E-state index contributed by atoms with van der Waals surface area (Å²) in [6, 6.07) is 5.93. The Kier molecular flexibility index (Phi) is 5.22. The molecule has 0 saturated heterocycles. The number of hydrogen-bond donors (Lipinski definition) is 0. The molecule has 1 saturated carbocycles. The Morgan fingerprint density at radius 3 is 2.68 bits per heavy atom. The number of hydrogen-bond acceptors (Lipinski definition) is 1. The van der Waals surface area contributed by atoms with E-state index >= 15 is 0 Å². The first kappa shape index (κ1) is 15.6. The van der Waals surface area contributed by atoms with Crippen molar-refractivity contribution < 1.29 is 0 Å². The average Bonchev–Trinajstić information content (AvgIpc) is 3.04. The normalized spacial score (nSPS) is 16.9. The van der Waals surface area contributed by atoms with Gasteiger partial charge in [0.05, 0.1) is 16.4 Å². The molecule has 0 N–H and O–H groups in total. The summed E-state index contributed by atoms with van der Waals surface area (Å²) < 4.78 is 2.04. The van der Waals surface area contributed by atoms with Gasteiger partial charge in [-0.25, -0.2) is 4.98 Å². The van der Waals surface area contributed by atoms with E-state index in [4.69, 9.17) is 23.2 Å². The Labute approximate surface area is 141 Å². The second-order valence-electron chi connectivity index (χ2n) is 5.97. The first-order chi connectivity index (χ1) is 10.7. The van der Waals surface area contributed by atoms with Crippen molar-refractivity contribution in [2.24, 2.45) is 5.92 Å². The van der Waals surface area contributed by atoms with E-state index in [1.54, 1.807) is 0 Å². The van der Waals surface area contributed by atoms with Gasteiger partial charge in [0.15, 0.2) is 0 Å². The van der Waals surface area contributed by atoms with E-state index in [0.29, 0.717) is 16.0 Å².